The van der Waals surface area contributed by atoms with Gasteiger partial charge in [-0.3, -0.25) is 4.79 Å². The molecule has 0 saturated carbocycles. The maximum absolute atomic E-state index is 12.4. The Morgan fingerprint density at radius 3 is 2.72 bits per heavy atom. The lowest BCUT2D eigenvalue weighted by atomic mass is 10.0. The molecule has 0 saturated heterocycles. The third kappa shape index (κ3) is 5.29. The van der Waals surface area contributed by atoms with Gasteiger partial charge in [0.1, 0.15) is 19.2 Å². The smallest absolute Gasteiger partial charge is 0.277 e. The Labute approximate surface area is 171 Å². The molecular formula is C20H18N6O2S. The van der Waals surface area contributed by atoms with Gasteiger partial charge in [-0.25, -0.2) is 9.67 Å². The molecule has 0 aliphatic carbocycles. The number of carbonyl (C=O) groups is 1. The van der Waals surface area contributed by atoms with E-state index in [-0.39, 0.29) is 11.7 Å². The summed E-state index contributed by atoms with van der Waals surface area (Å²) in [6.45, 7) is 0.340. The first kappa shape index (κ1) is 18.9. The number of amides is 1. The lowest BCUT2D eigenvalue weighted by Gasteiger charge is -2.11. The molecule has 1 amide bonds. The molecule has 29 heavy (non-hydrogen) atoms. The molecule has 9 heteroatoms. The van der Waals surface area contributed by atoms with Gasteiger partial charge in [0.05, 0.1) is 5.75 Å². The lowest BCUT2D eigenvalue weighted by Crippen LogP contribution is -2.15. The highest BCUT2D eigenvalue weighted by molar-refractivity contribution is 7.99. The highest BCUT2D eigenvalue weighted by Crippen LogP contribution is 2.21. The van der Waals surface area contributed by atoms with E-state index in [0.717, 1.165) is 17.7 Å². The molecular weight excluding hydrogens is 388 g/mol. The Morgan fingerprint density at radius 2 is 1.90 bits per heavy atom. The summed E-state index contributed by atoms with van der Waals surface area (Å²) in [5.41, 5.74) is 3.05. The average Bonchev–Trinajstić information content (AvgIpc) is 3.41. The number of benzene rings is 2. The molecule has 2 aromatic heterocycles. The summed E-state index contributed by atoms with van der Waals surface area (Å²) < 4.78 is 7.11. The van der Waals surface area contributed by atoms with Crippen molar-refractivity contribution in [3.05, 3.63) is 84.3 Å². The fraction of sp³-hybridized carbons (Fsp3) is 0.150. The standard InChI is InChI=1S/C20H18N6O2S/c27-18(12-29-20-25-24-19(28-20)11-26-14-21-13-22-26)23-17-9-5-4-8-16(17)10-15-6-2-1-3-7-15/h1-9,13-14H,10-12H2,(H,23,27). The van der Waals surface area contributed by atoms with Gasteiger partial charge in [0, 0.05) is 5.69 Å². The maximum Gasteiger partial charge on any atom is 0.277 e. The van der Waals surface area contributed by atoms with Crippen molar-refractivity contribution in [3.63, 3.8) is 0 Å². The zero-order valence-electron chi connectivity index (χ0n) is 15.4. The molecule has 0 fully saturated rings. The number of nitrogens with zero attached hydrogens (tertiary/aromatic N) is 5. The molecule has 0 spiro atoms. The van der Waals surface area contributed by atoms with Gasteiger partial charge < -0.3 is 9.73 Å². The number of para-hydroxylation sites is 1. The van der Waals surface area contributed by atoms with Crippen molar-refractivity contribution >= 4 is 23.4 Å². The number of anilines is 1. The summed E-state index contributed by atoms with van der Waals surface area (Å²) in [7, 11) is 0. The van der Waals surface area contributed by atoms with Crippen LogP contribution in [0.2, 0.25) is 0 Å². The quantitative estimate of drug-likeness (QED) is 0.449. The molecule has 146 valence electrons. The predicted molar refractivity (Wildman–Crippen MR) is 108 cm³/mol. The van der Waals surface area contributed by atoms with Crippen LogP contribution in [-0.4, -0.2) is 36.6 Å². The fourth-order valence-corrected chi connectivity index (χ4v) is 3.32. The first-order chi connectivity index (χ1) is 14.3. The van der Waals surface area contributed by atoms with E-state index < -0.39 is 0 Å². The number of hydrogen-bond acceptors (Lipinski definition) is 7. The zero-order valence-corrected chi connectivity index (χ0v) is 16.2. The monoisotopic (exact) mass is 406 g/mol. The van der Waals surface area contributed by atoms with Crippen molar-refractivity contribution in [1.82, 2.24) is 25.0 Å². The second kappa shape index (κ2) is 9.16. The van der Waals surface area contributed by atoms with E-state index in [1.54, 1.807) is 11.0 Å². The molecule has 8 nitrogen and oxygen atoms in total. The van der Waals surface area contributed by atoms with Crippen LogP contribution in [0.25, 0.3) is 0 Å². The lowest BCUT2D eigenvalue weighted by molar-refractivity contribution is -0.113. The molecule has 0 atom stereocenters. The average molecular weight is 406 g/mol. The summed E-state index contributed by atoms with van der Waals surface area (Å²) in [5.74, 6) is 0.447. The molecule has 0 bridgehead atoms. The third-order valence-corrected chi connectivity index (χ3v) is 4.89. The van der Waals surface area contributed by atoms with Crippen LogP contribution in [0.1, 0.15) is 17.0 Å². The first-order valence-electron chi connectivity index (χ1n) is 8.95. The van der Waals surface area contributed by atoms with E-state index in [2.05, 4.69) is 37.7 Å². The number of aromatic nitrogens is 5. The van der Waals surface area contributed by atoms with Gasteiger partial charge in [-0.2, -0.15) is 5.10 Å². The Bertz CT molecular complexity index is 1070. The molecule has 0 aliphatic rings. The second-order valence-corrected chi connectivity index (χ2v) is 7.14. The van der Waals surface area contributed by atoms with E-state index in [1.807, 2.05) is 42.5 Å². The van der Waals surface area contributed by atoms with Crippen LogP contribution in [0.3, 0.4) is 0 Å². The van der Waals surface area contributed by atoms with Crippen molar-refractivity contribution < 1.29 is 9.21 Å². The molecule has 2 aromatic carbocycles. The van der Waals surface area contributed by atoms with Crippen LogP contribution in [0.4, 0.5) is 5.69 Å². The normalized spacial score (nSPS) is 10.8. The summed E-state index contributed by atoms with van der Waals surface area (Å²) in [4.78, 5) is 16.3. The number of thioether (sulfide) groups is 1. The Morgan fingerprint density at radius 1 is 1.07 bits per heavy atom. The first-order valence-corrected chi connectivity index (χ1v) is 9.94. The molecule has 0 aliphatic heterocycles. The summed E-state index contributed by atoms with van der Waals surface area (Å²) in [6.07, 6.45) is 3.75. The number of nitrogens with one attached hydrogen (secondary N) is 1. The van der Waals surface area contributed by atoms with E-state index in [1.165, 1.54) is 23.7 Å². The Hall–Kier alpha value is -3.46. The number of hydrogen-bond donors (Lipinski definition) is 1. The molecule has 1 N–H and O–H groups in total. The van der Waals surface area contributed by atoms with Crippen molar-refractivity contribution in [3.8, 4) is 0 Å². The van der Waals surface area contributed by atoms with Crippen LogP contribution in [-0.2, 0) is 17.8 Å². The van der Waals surface area contributed by atoms with Gasteiger partial charge >= 0.3 is 0 Å². The van der Waals surface area contributed by atoms with E-state index >= 15 is 0 Å². The van der Waals surface area contributed by atoms with Crippen molar-refractivity contribution in [2.45, 2.75) is 18.2 Å². The third-order valence-electron chi connectivity index (χ3n) is 4.07. The van der Waals surface area contributed by atoms with E-state index in [4.69, 9.17) is 4.42 Å². The SMILES string of the molecule is O=C(CSc1nnc(Cn2cncn2)o1)Nc1ccccc1Cc1ccccc1. The molecule has 4 aromatic rings. The summed E-state index contributed by atoms with van der Waals surface area (Å²) >= 11 is 1.19. The van der Waals surface area contributed by atoms with Crippen LogP contribution < -0.4 is 5.32 Å². The van der Waals surface area contributed by atoms with Gasteiger partial charge in [-0.1, -0.05) is 60.3 Å². The van der Waals surface area contributed by atoms with Gasteiger partial charge in [-0.05, 0) is 23.6 Å². The molecule has 0 unspecified atom stereocenters. The molecule has 2 heterocycles. The van der Waals surface area contributed by atoms with Crippen LogP contribution in [0.5, 0.6) is 0 Å². The predicted octanol–water partition coefficient (Wildman–Crippen LogP) is 3.03. The van der Waals surface area contributed by atoms with Crippen LogP contribution >= 0.6 is 11.8 Å². The molecule has 0 radical (unpaired) electrons. The van der Waals surface area contributed by atoms with Gasteiger partial charge in [0.15, 0.2) is 0 Å². The minimum Gasteiger partial charge on any atom is -0.414 e. The summed E-state index contributed by atoms with van der Waals surface area (Å²) in [5, 5.41) is 15.2. The minimum atomic E-state index is -0.133. The van der Waals surface area contributed by atoms with Crippen molar-refractivity contribution in [2.75, 3.05) is 11.1 Å². The largest absolute Gasteiger partial charge is 0.414 e. The number of rotatable bonds is 8. The fourth-order valence-electron chi connectivity index (χ4n) is 2.74. The van der Waals surface area contributed by atoms with E-state index in [9.17, 15) is 4.79 Å². The van der Waals surface area contributed by atoms with Crippen LogP contribution in [0, 0.1) is 0 Å². The van der Waals surface area contributed by atoms with E-state index in [0.29, 0.717) is 17.7 Å². The van der Waals surface area contributed by atoms with Crippen molar-refractivity contribution in [1.29, 1.82) is 0 Å². The second-order valence-electron chi connectivity index (χ2n) is 6.21. The van der Waals surface area contributed by atoms with Crippen LogP contribution in [0.15, 0.2) is 76.9 Å². The topological polar surface area (TPSA) is 98.7 Å². The Kier molecular flexibility index (Phi) is 5.96. The minimum absolute atomic E-state index is 0.133. The maximum atomic E-state index is 12.4. The van der Waals surface area contributed by atoms with Crippen molar-refractivity contribution in [2.24, 2.45) is 0 Å². The van der Waals surface area contributed by atoms with Gasteiger partial charge in [0.2, 0.25) is 11.8 Å². The summed E-state index contributed by atoms with van der Waals surface area (Å²) in [6, 6.07) is 18.0. The van der Waals surface area contributed by atoms with Gasteiger partial charge in [-0.15, -0.1) is 10.2 Å². The Balaban J connectivity index is 1.33. The highest BCUT2D eigenvalue weighted by atomic mass is 32.2. The number of carbonyl (C=O) groups excluding carboxylic acids is 1. The van der Waals surface area contributed by atoms with Gasteiger partial charge in [0.25, 0.3) is 5.22 Å². The zero-order chi connectivity index (χ0) is 19.9. The molecule has 4 rings (SSSR count). The highest BCUT2D eigenvalue weighted by Gasteiger charge is 2.12.